The Kier molecular flexibility index (Phi) is 4.51. The van der Waals surface area contributed by atoms with Gasteiger partial charge in [-0.15, -0.1) is 0 Å². The lowest BCUT2D eigenvalue weighted by Gasteiger charge is -2.33. The van der Waals surface area contributed by atoms with Crippen molar-refractivity contribution in [2.45, 2.75) is 49.7 Å². The third-order valence-corrected chi connectivity index (χ3v) is 6.13. The van der Waals surface area contributed by atoms with E-state index in [0.717, 1.165) is 25.7 Å². The zero-order valence-corrected chi connectivity index (χ0v) is 13.4. The lowest BCUT2D eigenvalue weighted by Crippen LogP contribution is -2.42. The molecule has 1 aromatic rings. The second-order valence-electron chi connectivity index (χ2n) is 5.55. The Morgan fingerprint density at radius 2 is 1.95 bits per heavy atom. The smallest absolute Gasteiger partial charge is 0.262 e. The molecule has 1 heterocycles. The van der Waals surface area contributed by atoms with E-state index >= 15 is 0 Å². The summed E-state index contributed by atoms with van der Waals surface area (Å²) in [6, 6.07) is 0.589. The highest BCUT2D eigenvalue weighted by Crippen LogP contribution is 2.26. The van der Waals surface area contributed by atoms with Crippen molar-refractivity contribution in [3.05, 3.63) is 12.0 Å². The molecule has 7 heteroatoms. The van der Waals surface area contributed by atoms with Crippen molar-refractivity contribution in [1.29, 1.82) is 0 Å². The molecule has 0 saturated heterocycles. The predicted octanol–water partition coefficient (Wildman–Crippen LogP) is 0.880. The molecule has 1 fully saturated rings. The summed E-state index contributed by atoms with van der Waals surface area (Å²) >= 11 is 0. The lowest BCUT2D eigenvalue weighted by atomic mass is 9.91. The number of aromatic nitrogens is 2. The molecule has 1 aliphatic carbocycles. The third kappa shape index (κ3) is 2.89. The number of hydrogen-bond acceptors (Lipinski definition) is 4. The Bertz CT molecular complexity index is 539. The summed E-state index contributed by atoms with van der Waals surface area (Å²) in [7, 11) is 1.95. The van der Waals surface area contributed by atoms with Crippen molar-refractivity contribution < 1.29 is 8.42 Å². The highest BCUT2D eigenvalue weighted by Gasteiger charge is 2.32. The van der Waals surface area contributed by atoms with Gasteiger partial charge in [0.25, 0.3) is 10.0 Å². The van der Waals surface area contributed by atoms with Gasteiger partial charge in [0.1, 0.15) is 5.82 Å². The average Bonchev–Trinajstić information content (AvgIpc) is 2.78. The first-order chi connectivity index (χ1) is 9.36. The van der Waals surface area contributed by atoms with Gasteiger partial charge < -0.3 is 9.88 Å². The van der Waals surface area contributed by atoms with E-state index in [1.54, 1.807) is 31.8 Å². The second-order valence-corrected chi connectivity index (χ2v) is 7.50. The van der Waals surface area contributed by atoms with Gasteiger partial charge in [0.2, 0.25) is 0 Å². The quantitative estimate of drug-likeness (QED) is 0.896. The van der Waals surface area contributed by atoms with Crippen molar-refractivity contribution in [3.63, 3.8) is 0 Å². The molecule has 0 radical (unpaired) electrons. The molecular weight excluding hydrogens is 276 g/mol. The third-order valence-electron chi connectivity index (χ3n) is 4.35. The van der Waals surface area contributed by atoms with Gasteiger partial charge in [-0.3, -0.25) is 0 Å². The monoisotopic (exact) mass is 300 g/mol. The van der Waals surface area contributed by atoms with Gasteiger partial charge in [-0.2, -0.15) is 4.31 Å². The molecule has 0 aliphatic heterocycles. The number of sulfonamides is 1. The highest BCUT2D eigenvalue weighted by molar-refractivity contribution is 7.89. The molecule has 1 N–H and O–H groups in total. The number of hydrogen-bond donors (Lipinski definition) is 1. The highest BCUT2D eigenvalue weighted by atomic mass is 32.2. The first kappa shape index (κ1) is 15.5. The molecule has 6 nitrogen and oxygen atoms in total. The molecule has 1 saturated carbocycles. The number of rotatable bonds is 4. The Labute approximate surface area is 121 Å². The van der Waals surface area contributed by atoms with Crippen LogP contribution >= 0.6 is 0 Å². The molecule has 0 amide bonds. The standard InChI is InChI=1S/C13H24N4O2S/c1-10-15-13(9-16(10)3)20(18,19)17(4)12-7-5-11(14-2)6-8-12/h9,11-12,14H,5-8H2,1-4H3. The molecule has 0 atom stereocenters. The Morgan fingerprint density at radius 1 is 1.35 bits per heavy atom. The summed E-state index contributed by atoms with van der Waals surface area (Å²) in [4.78, 5) is 4.15. The van der Waals surface area contributed by atoms with E-state index in [0.29, 0.717) is 11.9 Å². The molecule has 20 heavy (non-hydrogen) atoms. The van der Waals surface area contributed by atoms with Crippen molar-refractivity contribution >= 4 is 10.0 Å². The van der Waals surface area contributed by atoms with Crippen molar-refractivity contribution in [2.75, 3.05) is 14.1 Å². The van der Waals surface area contributed by atoms with E-state index < -0.39 is 10.0 Å². The largest absolute Gasteiger partial charge is 0.337 e. The molecule has 114 valence electrons. The van der Waals surface area contributed by atoms with Gasteiger partial charge in [0.15, 0.2) is 5.03 Å². The van der Waals surface area contributed by atoms with Gasteiger partial charge in [-0.25, -0.2) is 13.4 Å². The molecule has 2 rings (SSSR count). The van der Waals surface area contributed by atoms with Crippen LogP contribution in [0.3, 0.4) is 0 Å². The molecule has 0 unspecified atom stereocenters. The zero-order valence-electron chi connectivity index (χ0n) is 12.6. The van der Waals surface area contributed by atoms with Crippen LogP contribution in [-0.4, -0.2) is 48.5 Å². The topological polar surface area (TPSA) is 67.2 Å². The maximum absolute atomic E-state index is 12.6. The van der Waals surface area contributed by atoms with Gasteiger partial charge >= 0.3 is 0 Å². The van der Waals surface area contributed by atoms with Crippen LogP contribution in [0.1, 0.15) is 31.5 Å². The Morgan fingerprint density at radius 3 is 2.40 bits per heavy atom. The number of nitrogens with zero attached hydrogens (tertiary/aromatic N) is 3. The molecular formula is C13H24N4O2S. The minimum absolute atomic E-state index is 0.0758. The van der Waals surface area contributed by atoms with E-state index in [-0.39, 0.29) is 11.1 Å². The van der Waals surface area contributed by atoms with Gasteiger partial charge in [0, 0.05) is 32.4 Å². The van der Waals surface area contributed by atoms with Crippen molar-refractivity contribution in [2.24, 2.45) is 7.05 Å². The summed E-state index contributed by atoms with van der Waals surface area (Å²) in [5.41, 5.74) is 0. The number of aryl methyl sites for hydroxylation is 2. The molecule has 1 aromatic heterocycles. The van der Waals surface area contributed by atoms with E-state index in [1.165, 1.54) is 4.31 Å². The summed E-state index contributed by atoms with van der Waals surface area (Å²) in [5.74, 6) is 0.705. The van der Waals surface area contributed by atoms with Crippen LogP contribution in [0.15, 0.2) is 11.2 Å². The fourth-order valence-corrected chi connectivity index (χ4v) is 4.16. The van der Waals surface area contributed by atoms with Crippen LogP contribution in [0.2, 0.25) is 0 Å². The lowest BCUT2D eigenvalue weighted by molar-refractivity contribution is 0.254. The minimum atomic E-state index is -3.48. The maximum Gasteiger partial charge on any atom is 0.262 e. The minimum Gasteiger partial charge on any atom is -0.337 e. The number of nitrogens with one attached hydrogen (secondary N) is 1. The van der Waals surface area contributed by atoms with E-state index in [9.17, 15) is 8.42 Å². The molecule has 0 bridgehead atoms. The van der Waals surface area contributed by atoms with E-state index in [1.807, 2.05) is 7.05 Å². The molecule has 1 aliphatic rings. The van der Waals surface area contributed by atoms with Crippen LogP contribution in [0.4, 0.5) is 0 Å². The van der Waals surface area contributed by atoms with Crippen LogP contribution in [0, 0.1) is 6.92 Å². The van der Waals surface area contributed by atoms with E-state index in [4.69, 9.17) is 0 Å². The van der Waals surface area contributed by atoms with E-state index in [2.05, 4.69) is 10.3 Å². The molecule has 0 spiro atoms. The normalized spacial score (nSPS) is 24.2. The van der Waals surface area contributed by atoms with Crippen LogP contribution in [0.25, 0.3) is 0 Å². The van der Waals surface area contributed by atoms with Crippen LogP contribution in [0.5, 0.6) is 0 Å². The fraction of sp³-hybridized carbons (Fsp3) is 0.769. The second kappa shape index (κ2) is 5.83. The fourth-order valence-electron chi connectivity index (χ4n) is 2.72. The van der Waals surface area contributed by atoms with Crippen LogP contribution in [-0.2, 0) is 17.1 Å². The Hall–Kier alpha value is -0.920. The summed E-state index contributed by atoms with van der Waals surface area (Å²) in [6.07, 6.45) is 5.41. The average molecular weight is 300 g/mol. The maximum atomic E-state index is 12.6. The SMILES string of the molecule is CNC1CCC(N(C)S(=O)(=O)c2cn(C)c(C)n2)CC1. The zero-order chi connectivity index (χ0) is 14.9. The predicted molar refractivity (Wildman–Crippen MR) is 78.0 cm³/mol. The first-order valence-corrected chi connectivity index (χ1v) is 8.45. The van der Waals surface area contributed by atoms with Crippen molar-refractivity contribution in [1.82, 2.24) is 19.2 Å². The van der Waals surface area contributed by atoms with Gasteiger partial charge in [-0.05, 0) is 39.7 Å². The van der Waals surface area contributed by atoms with Crippen LogP contribution < -0.4 is 5.32 Å². The van der Waals surface area contributed by atoms with Crippen molar-refractivity contribution in [3.8, 4) is 0 Å². The summed E-state index contributed by atoms with van der Waals surface area (Å²) < 4.78 is 28.4. The van der Waals surface area contributed by atoms with Gasteiger partial charge in [-0.1, -0.05) is 0 Å². The summed E-state index contributed by atoms with van der Waals surface area (Å²) in [6.45, 7) is 1.80. The molecule has 0 aromatic carbocycles. The Balaban J connectivity index is 2.13. The van der Waals surface area contributed by atoms with Gasteiger partial charge in [0.05, 0.1) is 0 Å². The first-order valence-electron chi connectivity index (χ1n) is 7.01. The summed E-state index contributed by atoms with van der Waals surface area (Å²) in [5, 5.41) is 3.41. The number of imidazole rings is 1.